The van der Waals surface area contributed by atoms with Gasteiger partial charge in [0.15, 0.2) is 31.3 Å². The number of alkyl carbamates (subject to hydrolysis) is 1. The van der Waals surface area contributed by atoms with E-state index in [2.05, 4.69) is 5.32 Å². The van der Waals surface area contributed by atoms with Crippen molar-refractivity contribution in [1.29, 1.82) is 0 Å². The number of ether oxygens (including phenoxy) is 24. The standard InChI is InChI=1S/C95H113Cl3N2O35/c1-51(69(122-58(8)104)46-116-56(6)102)76-65-40-73(106)124-66(65)41-93(133-76,89(108)112-10)121-49-71-52(2)77(74(99-91(110)120-50-95(96,97)98)86(125-71)131-79-54(4)68(45-114-43-61-30-19-13-20-31-61)126-87(82(79)118-44-62-32-21-14-22-33-62)115-39-27-34-60-28-17-12-18-29-60)130-88-83(129-84(107)63-35-23-15-24-36-63)81(80-72(127-88)48-119-85(132-80)64-37-25-16-26-38-64)135-94(90(109)113-11)42-67-75(100(55(5)101)92(111)128-67)78(134-94)53(3)70(123-59(9)105)47-117-57(7)103/h12-26,28-33,35-38,51-54,65-72,74-83,85-88H,27,34,39-50H2,1-11H3,(H,99,110)/t51-,52-,53-,54+,65-,66-,67?,68?,69-,70-,71?,72?,74?,75+,76?,77+,78?,79+,80+,81+,82?,83?,85?,86+,87-,88+,93+,94-/m1/s1. The lowest BCUT2D eigenvalue weighted by molar-refractivity contribution is -0.407. The van der Waals surface area contributed by atoms with Crippen LogP contribution in [0.4, 0.5) is 9.59 Å². The minimum absolute atomic E-state index is 0.0861. The minimum Gasteiger partial charge on any atom is -0.465 e. The van der Waals surface area contributed by atoms with E-state index < -0.39 is 285 Å². The van der Waals surface area contributed by atoms with E-state index >= 15 is 19.2 Å². The number of nitrogens with one attached hydrogen (secondary N) is 1. The van der Waals surface area contributed by atoms with E-state index in [1.165, 1.54) is 19.1 Å². The molecule has 3 amide bonds. The van der Waals surface area contributed by atoms with Gasteiger partial charge in [-0.05, 0) is 41.7 Å². The van der Waals surface area contributed by atoms with Crippen LogP contribution in [0.3, 0.4) is 0 Å². The number of amides is 3. The molecule has 8 heterocycles. The molecule has 0 radical (unpaired) electrons. The Kier molecular flexibility index (Phi) is 35.5. The Labute approximate surface area is 794 Å². The van der Waals surface area contributed by atoms with Gasteiger partial charge in [-0.1, -0.05) is 202 Å². The van der Waals surface area contributed by atoms with Gasteiger partial charge in [0.1, 0.15) is 80.7 Å². The van der Waals surface area contributed by atoms with Gasteiger partial charge >= 0.3 is 59.9 Å². The van der Waals surface area contributed by atoms with Crippen molar-refractivity contribution in [2.45, 2.75) is 252 Å². The van der Waals surface area contributed by atoms with Gasteiger partial charge in [0, 0.05) is 69.8 Å². The fraction of sp³-hybridized carbons (Fsp3) is 0.568. The van der Waals surface area contributed by atoms with Gasteiger partial charge in [-0.15, -0.1) is 0 Å². The number of esters is 8. The molecule has 8 saturated heterocycles. The lowest BCUT2D eigenvalue weighted by Crippen LogP contribution is -2.71. The highest BCUT2D eigenvalue weighted by atomic mass is 35.6. The molecule has 0 saturated carbocycles. The van der Waals surface area contributed by atoms with Crippen LogP contribution in [0.5, 0.6) is 0 Å². The van der Waals surface area contributed by atoms with Gasteiger partial charge in [-0.25, -0.2) is 28.9 Å². The summed E-state index contributed by atoms with van der Waals surface area (Å²) in [6.45, 7) is 8.78. The van der Waals surface area contributed by atoms with Crippen LogP contribution in [0.2, 0.25) is 0 Å². The van der Waals surface area contributed by atoms with Crippen molar-refractivity contribution in [2.75, 3.05) is 60.5 Å². The number of hydrogen-bond acceptors (Lipinski definition) is 35. The second kappa shape index (κ2) is 46.7. The Balaban J connectivity index is 0.986. The molecule has 8 fully saturated rings. The topological polar surface area (TPSA) is 425 Å². The molecule has 40 heteroatoms. The molecule has 135 heavy (non-hydrogen) atoms. The van der Waals surface area contributed by atoms with Gasteiger partial charge in [-0.3, -0.25) is 28.8 Å². The average Bonchev–Trinajstić information content (AvgIpc) is 1.53. The van der Waals surface area contributed by atoms with Gasteiger partial charge in [0.25, 0.3) is 11.6 Å². The molecule has 5 aromatic rings. The lowest BCUT2D eigenvalue weighted by atomic mass is 9.79. The molecular weight excluding hydrogens is 1840 g/mol. The summed E-state index contributed by atoms with van der Waals surface area (Å²) in [5.41, 5.74) is 2.91. The summed E-state index contributed by atoms with van der Waals surface area (Å²) in [6.07, 6.45) is -32.4. The average molecular weight is 1950 g/mol. The molecule has 13 rings (SSSR count). The van der Waals surface area contributed by atoms with Crippen LogP contribution in [0, 0.1) is 29.6 Å². The van der Waals surface area contributed by atoms with Crippen LogP contribution in [-0.4, -0.2) is 269 Å². The molecule has 0 spiro atoms. The second-order valence-corrected chi connectivity index (χ2v) is 36.8. The maximum Gasteiger partial charge on any atom is 0.417 e. The Morgan fingerprint density at radius 3 is 1.70 bits per heavy atom. The van der Waals surface area contributed by atoms with Crippen molar-refractivity contribution < 1.29 is 166 Å². The van der Waals surface area contributed by atoms with Crippen LogP contribution < -0.4 is 5.32 Å². The highest BCUT2D eigenvalue weighted by Crippen LogP contribution is 2.50. The van der Waals surface area contributed by atoms with Crippen LogP contribution in [0.25, 0.3) is 0 Å². The van der Waals surface area contributed by atoms with Crippen LogP contribution in [0.15, 0.2) is 152 Å². The first-order valence-electron chi connectivity index (χ1n) is 44.6. The minimum atomic E-state index is -2.94. The van der Waals surface area contributed by atoms with E-state index in [4.69, 9.17) is 148 Å². The predicted octanol–water partition coefficient (Wildman–Crippen LogP) is 10.1. The molecule has 0 aromatic heterocycles. The first kappa shape index (κ1) is 103. The summed E-state index contributed by atoms with van der Waals surface area (Å²) in [5.74, 6) is -19.2. The molecule has 5 aromatic carbocycles. The Morgan fingerprint density at radius 1 is 0.556 bits per heavy atom. The van der Waals surface area contributed by atoms with Crippen molar-refractivity contribution >= 4 is 101 Å². The number of hydrogen-bond donors (Lipinski definition) is 1. The third-order valence-corrected chi connectivity index (χ3v) is 25.2. The van der Waals surface area contributed by atoms with Gasteiger partial charge in [0.05, 0.1) is 115 Å². The monoisotopic (exact) mass is 1950 g/mol. The number of carbonyl (C=O) groups excluding carboxylic acids is 11. The van der Waals surface area contributed by atoms with E-state index in [-0.39, 0.29) is 38.4 Å². The number of aryl methyl sites for hydroxylation is 1. The Bertz CT molecular complexity index is 4840. The molecule has 8 aliphatic rings. The molecule has 8 aliphatic heterocycles. The summed E-state index contributed by atoms with van der Waals surface area (Å²) in [7, 11) is 2.05. The van der Waals surface area contributed by atoms with Crippen LogP contribution in [0.1, 0.15) is 127 Å². The third-order valence-electron chi connectivity index (χ3n) is 24.8. The number of carbonyl (C=O) groups is 11. The second-order valence-electron chi connectivity index (χ2n) is 34.3. The zero-order chi connectivity index (χ0) is 96.6. The number of benzene rings is 5. The zero-order valence-corrected chi connectivity index (χ0v) is 78.5. The maximum absolute atomic E-state index is 15.7. The van der Waals surface area contributed by atoms with E-state index in [0.717, 1.165) is 64.9 Å². The van der Waals surface area contributed by atoms with E-state index in [1.54, 1.807) is 62.4 Å². The van der Waals surface area contributed by atoms with Crippen molar-refractivity contribution in [3.63, 3.8) is 0 Å². The summed E-state index contributed by atoms with van der Waals surface area (Å²) in [4.78, 5) is 156. The summed E-state index contributed by atoms with van der Waals surface area (Å²) >= 11 is 19.1. The van der Waals surface area contributed by atoms with Crippen molar-refractivity contribution in [2.24, 2.45) is 29.6 Å². The number of rotatable bonds is 38. The molecule has 0 aliphatic carbocycles. The van der Waals surface area contributed by atoms with E-state index in [0.29, 0.717) is 24.0 Å². The maximum atomic E-state index is 15.7. The summed E-state index contributed by atoms with van der Waals surface area (Å²) in [6, 6.07) is 41.2. The zero-order valence-electron chi connectivity index (χ0n) is 76.2. The molecular formula is C95H113Cl3N2O35. The number of methoxy groups -OCH3 is 2. The fourth-order valence-corrected chi connectivity index (χ4v) is 18.3. The summed E-state index contributed by atoms with van der Waals surface area (Å²) < 4.78 is 155. The fourth-order valence-electron chi connectivity index (χ4n) is 18.1. The van der Waals surface area contributed by atoms with E-state index in [9.17, 15) is 33.6 Å². The van der Waals surface area contributed by atoms with Crippen LogP contribution >= 0.6 is 34.8 Å². The molecule has 734 valence electrons. The lowest BCUT2D eigenvalue weighted by Gasteiger charge is -2.54. The Morgan fingerprint density at radius 2 is 1.10 bits per heavy atom. The predicted molar refractivity (Wildman–Crippen MR) is 467 cm³/mol. The molecule has 0 bridgehead atoms. The van der Waals surface area contributed by atoms with Crippen LogP contribution in [-0.2, 0) is 172 Å². The quantitative estimate of drug-likeness (QED) is 0.0166. The molecule has 37 nitrogen and oxygen atoms in total. The number of nitrogens with zero attached hydrogens (tertiary/aromatic N) is 1. The van der Waals surface area contributed by atoms with Crippen molar-refractivity contribution in [1.82, 2.24) is 10.2 Å². The highest BCUT2D eigenvalue weighted by Gasteiger charge is 2.68. The molecule has 28 atom stereocenters. The largest absolute Gasteiger partial charge is 0.465 e. The number of alkyl halides is 3. The SMILES string of the molecule is COC(=O)[C@]1(OCC2O[C@@H](O[C@@H]3C(OCc4ccccc4)[C@H](OCCCc4ccccc4)OC(COCc4ccccc4)[C@@H]3C)C(NC(=O)OCC(Cl)(Cl)Cl)[C@@H](O[C@@H]3OC4COC(c5ccccc5)O[C@@H]4[C@H](O[C@@]4(C(=O)OC)CC5OC(=O)N(C(C)=O)[C@@H]5C([C@H](C)[C@@H](COC(C)=O)OC(C)=O)O4)C3OC(=O)c3ccccc3)[C@@H]2C)C[C@H]2OC(=O)C[C@H]2C([C@H](C)[C@@H](COC(C)=O)OC(C)=O)O1. The van der Waals surface area contributed by atoms with Crippen molar-refractivity contribution in [3.05, 3.63) is 179 Å². The van der Waals surface area contributed by atoms with Crippen molar-refractivity contribution in [3.8, 4) is 0 Å². The molecule has 1 N–H and O–H groups in total. The van der Waals surface area contributed by atoms with Gasteiger partial charge in [-0.2, -0.15) is 0 Å². The summed E-state index contributed by atoms with van der Waals surface area (Å²) in [5, 5.41) is 2.88. The first-order chi connectivity index (χ1) is 64.6. The normalized spacial score (nSPS) is 31.3. The first-order valence-corrected chi connectivity index (χ1v) is 45.7. The van der Waals surface area contributed by atoms with Gasteiger partial charge < -0.3 is 119 Å². The number of fused-ring (bicyclic) bond motifs is 3. The molecule has 10 unspecified atom stereocenters. The third kappa shape index (κ3) is 25.9. The highest BCUT2D eigenvalue weighted by molar-refractivity contribution is 6.67. The Hall–Kier alpha value is -9.62. The number of imide groups is 1. The number of halogens is 3. The van der Waals surface area contributed by atoms with E-state index in [1.807, 2.05) is 97.9 Å². The smallest absolute Gasteiger partial charge is 0.417 e. The van der Waals surface area contributed by atoms with Gasteiger partial charge in [0.2, 0.25) is 9.70 Å².